The molecule has 2 aromatic carbocycles. The number of carbonyl (C=O) groups excluding carboxylic acids is 1. The van der Waals surface area contributed by atoms with Crippen molar-refractivity contribution in [3.05, 3.63) is 57.7 Å². The second kappa shape index (κ2) is 8.38. The zero-order valence-electron chi connectivity index (χ0n) is 16.4. The topological polar surface area (TPSA) is 97.3 Å². The third-order valence-corrected chi connectivity index (χ3v) is 6.54. The lowest BCUT2D eigenvalue weighted by Gasteiger charge is -2.14. The molecule has 3 aromatic rings. The summed E-state index contributed by atoms with van der Waals surface area (Å²) in [6.07, 6.45) is 0.808. The Hall–Kier alpha value is -2.65. The third kappa shape index (κ3) is 4.51. The average Bonchev–Trinajstić information content (AvgIpc) is 2.96. The van der Waals surface area contributed by atoms with E-state index in [1.54, 1.807) is 34.9 Å². The van der Waals surface area contributed by atoms with Crippen molar-refractivity contribution in [1.82, 2.24) is 9.88 Å². The molecule has 0 saturated carbocycles. The Morgan fingerprint density at radius 2 is 1.90 bits per heavy atom. The molecule has 9 heteroatoms. The number of carbonyl (C=O) groups is 1. The quantitative estimate of drug-likeness (QED) is 0.597. The maximum Gasteiger partial charge on any atom is 0.308 e. The van der Waals surface area contributed by atoms with Crippen LogP contribution in [0.15, 0.2) is 52.2 Å². The molecule has 7 nitrogen and oxygen atoms in total. The van der Waals surface area contributed by atoms with E-state index in [1.807, 2.05) is 20.8 Å². The van der Waals surface area contributed by atoms with Crippen LogP contribution < -0.4 is 14.9 Å². The number of thiazole rings is 1. The van der Waals surface area contributed by atoms with Crippen molar-refractivity contribution >= 4 is 43.2 Å². The molecule has 29 heavy (non-hydrogen) atoms. The smallest absolute Gasteiger partial charge is 0.308 e. The maximum absolute atomic E-state index is 12.9. The summed E-state index contributed by atoms with van der Waals surface area (Å²) in [7, 11) is -3.94. The van der Waals surface area contributed by atoms with Crippen LogP contribution in [-0.4, -0.2) is 24.9 Å². The van der Waals surface area contributed by atoms with Gasteiger partial charge in [-0.3, -0.25) is 18.9 Å². The number of aryl methyl sites for hydroxylation is 1. The van der Waals surface area contributed by atoms with Crippen LogP contribution in [0, 0.1) is 0 Å². The summed E-state index contributed by atoms with van der Waals surface area (Å²) in [6, 6.07) is 11.0. The zero-order valence-corrected chi connectivity index (χ0v) is 18.1. The number of aromatic nitrogens is 1. The molecule has 0 unspecified atom stereocenters. The zero-order chi connectivity index (χ0) is 21.2. The first-order valence-corrected chi connectivity index (χ1v) is 11.6. The number of sulfonamides is 1. The van der Waals surface area contributed by atoms with E-state index in [1.165, 1.54) is 12.1 Å². The van der Waals surface area contributed by atoms with Crippen LogP contribution in [0.2, 0.25) is 0 Å². The van der Waals surface area contributed by atoms with Gasteiger partial charge in [0.15, 0.2) is 0 Å². The number of rotatable bonds is 7. The van der Waals surface area contributed by atoms with Crippen molar-refractivity contribution in [2.45, 2.75) is 44.7 Å². The van der Waals surface area contributed by atoms with Crippen molar-refractivity contribution < 1.29 is 13.2 Å². The summed E-state index contributed by atoms with van der Waals surface area (Å²) >= 11 is 1.02. The van der Waals surface area contributed by atoms with Crippen molar-refractivity contribution in [3.63, 3.8) is 0 Å². The van der Waals surface area contributed by atoms with E-state index >= 15 is 0 Å². The molecule has 0 bridgehead atoms. The number of hydrogen-bond donors (Lipinski definition) is 2. The number of benzene rings is 2. The van der Waals surface area contributed by atoms with Crippen molar-refractivity contribution in [1.29, 1.82) is 0 Å². The second-order valence-corrected chi connectivity index (χ2v) is 9.60. The summed E-state index contributed by atoms with van der Waals surface area (Å²) in [5, 5.41) is 2.76. The first-order chi connectivity index (χ1) is 13.7. The van der Waals surface area contributed by atoms with Gasteiger partial charge in [-0.1, -0.05) is 30.4 Å². The Morgan fingerprint density at radius 3 is 2.59 bits per heavy atom. The first kappa shape index (κ1) is 21.1. The average molecular weight is 434 g/mol. The number of nitrogens with one attached hydrogen (secondary N) is 2. The molecule has 1 aromatic heterocycles. The van der Waals surface area contributed by atoms with E-state index < -0.39 is 10.0 Å². The van der Waals surface area contributed by atoms with E-state index in [-0.39, 0.29) is 33.0 Å². The van der Waals surface area contributed by atoms with Gasteiger partial charge in [0.1, 0.15) is 0 Å². The highest BCUT2D eigenvalue weighted by Gasteiger charge is 2.20. The Bertz CT molecular complexity index is 1210. The summed E-state index contributed by atoms with van der Waals surface area (Å²) in [5.74, 6) is -0.358. The van der Waals surface area contributed by atoms with Gasteiger partial charge in [-0.2, -0.15) is 0 Å². The lowest BCUT2D eigenvalue weighted by molar-refractivity contribution is 0.0944. The molecule has 0 saturated heterocycles. The number of fused-ring (bicyclic) bond motifs is 1. The van der Waals surface area contributed by atoms with Crippen molar-refractivity contribution in [2.75, 3.05) is 4.72 Å². The van der Waals surface area contributed by atoms with Crippen molar-refractivity contribution in [3.8, 4) is 0 Å². The van der Waals surface area contributed by atoms with Crippen LogP contribution in [0.1, 0.15) is 37.6 Å². The van der Waals surface area contributed by atoms with Gasteiger partial charge in [-0.25, -0.2) is 8.42 Å². The van der Waals surface area contributed by atoms with Crippen LogP contribution >= 0.6 is 11.3 Å². The molecule has 2 N–H and O–H groups in total. The van der Waals surface area contributed by atoms with Gasteiger partial charge in [0.2, 0.25) is 0 Å². The minimum absolute atomic E-state index is 0.0361. The molecule has 1 amide bonds. The number of para-hydroxylation sites is 1. The number of anilines is 1. The summed E-state index contributed by atoms with van der Waals surface area (Å²) in [4.78, 5) is 24.5. The fraction of sp³-hybridized carbons (Fsp3) is 0.300. The molecular formula is C20H23N3O4S2. The molecule has 0 aliphatic heterocycles. The van der Waals surface area contributed by atoms with Gasteiger partial charge in [0.25, 0.3) is 15.9 Å². The Labute approximate surface area is 173 Å². The van der Waals surface area contributed by atoms with Gasteiger partial charge < -0.3 is 5.32 Å². The number of hydrogen-bond acceptors (Lipinski definition) is 5. The molecule has 0 radical (unpaired) electrons. The van der Waals surface area contributed by atoms with E-state index in [2.05, 4.69) is 10.0 Å². The van der Waals surface area contributed by atoms with E-state index in [0.29, 0.717) is 11.2 Å². The normalized spacial score (nSPS) is 11.7. The standard InChI is InChI=1S/C20H23N3O4S2/c1-4-11-23-17-10-9-14(12-18(17)28-20(23)25)29(26,27)22-16-8-6-5-7-15(16)19(24)21-13(2)3/h5-10,12-13,22H,4,11H2,1-3H3,(H,21,24). The molecule has 3 rings (SSSR count). The number of amides is 1. The Morgan fingerprint density at radius 1 is 1.17 bits per heavy atom. The van der Waals surface area contributed by atoms with E-state index in [9.17, 15) is 18.0 Å². The minimum Gasteiger partial charge on any atom is -0.350 e. The fourth-order valence-corrected chi connectivity index (χ4v) is 5.10. The third-order valence-electron chi connectivity index (χ3n) is 4.23. The molecule has 0 atom stereocenters. The molecule has 0 spiro atoms. The van der Waals surface area contributed by atoms with Gasteiger partial charge >= 0.3 is 4.87 Å². The maximum atomic E-state index is 12.9. The summed E-state index contributed by atoms with van der Waals surface area (Å²) in [5.41, 5.74) is 1.16. The van der Waals surface area contributed by atoms with Crippen LogP contribution in [0.3, 0.4) is 0 Å². The minimum atomic E-state index is -3.94. The van der Waals surface area contributed by atoms with Gasteiger partial charge in [0, 0.05) is 12.6 Å². The van der Waals surface area contributed by atoms with Crippen LogP contribution in [0.5, 0.6) is 0 Å². The molecular weight excluding hydrogens is 410 g/mol. The summed E-state index contributed by atoms with van der Waals surface area (Å²) in [6.45, 7) is 6.22. The highest BCUT2D eigenvalue weighted by molar-refractivity contribution is 7.92. The largest absolute Gasteiger partial charge is 0.350 e. The van der Waals surface area contributed by atoms with Crippen LogP contribution in [0.25, 0.3) is 10.2 Å². The predicted molar refractivity (Wildman–Crippen MR) is 116 cm³/mol. The highest BCUT2D eigenvalue weighted by Crippen LogP contribution is 2.25. The second-order valence-electron chi connectivity index (χ2n) is 6.93. The molecule has 0 fully saturated rings. The Balaban J connectivity index is 1.97. The molecule has 0 aliphatic carbocycles. The van der Waals surface area contributed by atoms with Crippen molar-refractivity contribution in [2.24, 2.45) is 0 Å². The monoisotopic (exact) mass is 433 g/mol. The summed E-state index contributed by atoms with van der Waals surface area (Å²) < 4.78 is 30.6. The lowest BCUT2D eigenvalue weighted by atomic mass is 10.1. The number of nitrogens with zero attached hydrogens (tertiary/aromatic N) is 1. The SMILES string of the molecule is CCCn1c(=O)sc2cc(S(=O)(=O)Nc3ccccc3C(=O)NC(C)C)ccc21. The predicted octanol–water partition coefficient (Wildman–Crippen LogP) is 3.41. The van der Waals surface area contributed by atoms with E-state index in [0.717, 1.165) is 23.3 Å². The first-order valence-electron chi connectivity index (χ1n) is 9.29. The van der Waals surface area contributed by atoms with E-state index in [4.69, 9.17) is 0 Å². The lowest BCUT2D eigenvalue weighted by Crippen LogP contribution is -2.31. The molecule has 154 valence electrons. The highest BCUT2D eigenvalue weighted by atomic mass is 32.2. The van der Waals surface area contributed by atoms with Gasteiger partial charge in [-0.05, 0) is 50.6 Å². The molecule has 1 heterocycles. The fourth-order valence-electron chi connectivity index (χ4n) is 2.96. The van der Waals surface area contributed by atoms with Gasteiger partial charge in [0.05, 0.1) is 26.4 Å². The van der Waals surface area contributed by atoms with Crippen LogP contribution in [-0.2, 0) is 16.6 Å². The van der Waals surface area contributed by atoms with Crippen LogP contribution in [0.4, 0.5) is 5.69 Å². The van der Waals surface area contributed by atoms with Gasteiger partial charge in [-0.15, -0.1) is 0 Å². The Kier molecular flexibility index (Phi) is 6.09. The molecule has 0 aliphatic rings.